The third kappa shape index (κ3) is 5.47. The van der Waals surface area contributed by atoms with Crippen LogP contribution < -0.4 is 14.8 Å². The van der Waals surface area contributed by atoms with Gasteiger partial charge in [-0.3, -0.25) is 9.59 Å². The number of hydrogen-bond donors (Lipinski definition) is 1. The Hall–Kier alpha value is -3.60. The van der Waals surface area contributed by atoms with Gasteiger partial charge in [0.2, 0.25) is 6.10 Å². The second-order valence-corrected chi connectivity index (χ2v) is 6.75. The molecule has 4 rings (SSSR count). The quantitative estimate of drug-likeness (QED) is 0.580. The molecule has 154 valence electrons. The lowest BCUT2D eigenvalue weighted by atomic mass is 10.1. The third-order valence-corrected chi connectivity index (χ3v) is 4.54. The molecule has 1 amide bonds. The summed E-state index contributed by atoms with van der Waals surface area (Å²) in [5, 5.41) is 2.84. The molecule has 1 aliphatic heterocycles. The lowest BCUT2D eigenvalue weighted by molar-refractivity contribution is -0.128. The molecule has 1 unspecified atom stereocenters. The predicted octanol–water partition coefficient (Wildman–Crippen LogP) is 4.72. The molecule has 0 saturated heterocycles. The molecule has 0 aliphatic carbocycles. The van der Waals surface area contributed by atoms with E-state index >= 15 is 0 Å². The smallest absolute Gasteiger partial charge is 0.265 e. The van der Waals surface area contributed by atoms with Crippen molar-refractivity contribution in [2.45, 2.75) is 26.1 Å². The molecule has 0 spiro atoms. The van der Waals surface area contributed by atoms with Crippen LogP contribution >= 0.6 is 0 Å². The Labute approximate surface area is 176 Å². The minimum absolute atomic E-state index is 0.214. The van der Waals surface area contributed by atoms with E-state index in [1.54, 1.807) is 24.3 Å². The molecule has 1 N–H and O–H groups in total. The van der Waals surface area contributed by atoms with E-state index in [4.69, 9.17) is 9.47 Å². The fourth-order valence-electron chi connectivity index (χ4n) is 2.89. The number of para-hydroxylation sites is 2. The van der Waals surface area contributed by atoms with Crippen LogP contribution in [0, 0.1) is 0 Å². The largest absolute Gasteiger partial charge is 0.488 e. The zero-order valence-corrected chi connectivity index (χ0v) is 16.9. The molecule has 30 heavy (non-hydrogen) atoms. The summed E-state index contributed by atoms with van der Waals surface area (Å²) in [4.78, 5) is 23.5. The Kier molecular flexibility index (Phi) is 7.61. The summed E-state index contributed by atoms with van der Waals surface area (Å²) in [6.45, 7) is 3.37. The Morgan fingerprint density at radius 2 is 1.73 bits per heavy atom. The van der Waals surface area contributed by atoms with Gasteiger partial charge in [0.25, 0.3) is 5.91 Å². The summed E-state index contributed by atoms with van der Waals surface area (Å²) in [6.07, 6.45) is 0.785. The normalized spacial score (nSPS) is 12.0. The number of ether oxygens (including phenoxy) is 2. The number of aldehydes is 1. The van der Waals surface area contributed by atoms with Crippen molar-refractivity contribution in [3.8, 4) is 11.5 Å². The van der Waals surface area contributed by atoms with Gasteiger partial charge >= 0.3 is 0 Å². The summed E-state index contributed by atoms with van der Waals surface area (Å²) in [7, 11) is 0. The molecule has 0 fully saturated rings. The average Bonchev–Trinajstić information content (AvgIpc) is 2.78. The van der Waals surface area contributed by atoms with Crippen molar-refractivity contribution < 1.29 is 19.1 Å². The van der Waals surface area contributed by atoms with E-state index in [-0.39, 0.29) is 5.91 Å². The van der Waals surface area contributed by atoms with Crippen LogP contribution in [0.3, 0.4) is 0 Å². The van der Waals surface area contributed by atoms with Crippen LogP contribution in [0.4, 0.5) is 0 Å². The second kappa shape index (κ2) is 10.8. The maximum absolute atomic E-state index is 12.4. The number of fused-ring (bicyclic) bond motifs is 1. The monoisotopic (exact) mass is 403 g/mol. The number of amides is 1. The zero-order valence-electron chi connectivity index (χ0n) is 16.9. The molecule has 3 aromatic carbocycles. The van der Waals surface area contributed by atoms with E-state index in [0.29, 0.717) is 17.9 Å². The Morgan fingerprint density at radius 1 is 1.03 bits per heavy atom. The van der Waals surface area contributed by atoms with Gasteiger partial charge in [-0.25, -0.2) is 0 Å². The van der Waals surface area contributed by atoms with Crippen molar-refractivity contribution in [3.63, 3.8) is 0 Å². The topological polar surface area (TPSA) is 64.6 Å². The van der Waals surface area contributed by atoms with Crippen LogP contribution in [0.1, 0.15) is 40.9 Å². The van der Waals surface area contributed by atoms with Gasteiger partial charge in [0.05, 0.1) is 5.56 Å². The van der Waals surface area contributed by atoms with Crippen molar-refractivity contribution in [2.24, 2.45) is 0 Å². The molecule has 1 aliphatic rings. The summed E-state index contributed by atoms with van der Waals surface area (Å²) in [6, 6.07) is 24.2. The van der Waals surface area contributed by atoms with Gasteiger partial charge in [0, 0.05) is 17.7 Å². The number of nitrogens with one attached hydrogen (secondary N) is 1. The van der Waals surface area contributed by atoms with Crippen LogP contribution in [-0.2, 0) is 11.4 Å². The van der Waals surface area contributed by atoms with Gasteiger partial charge in [-0.15, -0.1) is 0 Å². The lowest BCUT2D eigenvalue weighted by Crippen LogP contribution is -2.33. The first-order valence-electron chi connectivity index (χ1n) is 9.97. The first-order chi connectivity index (χ1) is 14.7. The summed E-state index contributed by atoms with van der Waals surface area (Å²) in [5.74, 6) is 1.24. The average molecular weight is 403 g/mol. The number of carbonyl (C=O) groups is 2. The molecule has 3 aromatic rings. The van der Waals surface area contributed by atoms with Crippen LogP contribution in [0.5, 0.6) is 11.5 Å². The van der Waals surface area contributed by atoms with Crippen molar-refractivity contribution >= 4 is 12.2 Å². The van der Waals surface area contributed by atoms with Crippen molar-refractivity contribution in [1.29, 1.82) is 0 Å². The lowest BCUT2D eigenvalue weighted by Gasteiger charge is -2.20. The third-order valence-electron chi connectivity index (χ3n) is 4.54. The summed E-state index contributed by atoms with van der Waals surface area (Å²) in [5.41, 5.74) is 2.50. The maximum atomic E-state index is 12.4. The van der Waals surface area contributed by atoms with Gasteiger partial charge in [0.15, 0.2) is 6.29 Å². The first-order valence-corrected chi connectivity index (χ1v) is 9.97. The molecular formula is C25H25NO4. The molecule has 5 heteroatoms. The molecule has 5 nitrogen and oxygen atoms in total. The van der Waals surface area contributed by atoms with Gasteiger partial charge < -0.3 is 14.8 Å². The fraction of sp³-hybridized carbons (Fsp3) is 0.200. The van der Waals surface area contributed by atoms with Gasteiger partial charge in [-0.2, -0.15) is 0 Å². The van der Waals surface area contributed by atoms with Crippen LogP contribution in [-0.4, -0.2) is 18.7 Å². The van der Waals surface area contributed by atoms with Crippen LogP contribution in [0.25, 0.3) is 0 Å². The number of rotatable bonds is 7. The molecule has 0 saturated carbocycles. The van der Waals surface area contributed by atoms with Crippen molar-refractivity contribution in [3.05, 3.63) is 95.6 Å². The van der Waals surface area contributed by atoms with Crippen LogP contribution in [0.2, 0.25) is 0 Å². The van der Waals surface area contributed by atoms with Crippen molar-refractivity contribution in [2.75, 3.05) is 6.54 Å². The minimum atomic E-state index is -0.783. The van der Waals surface area contributed by atoms with Gasteiger partial charge in [0.1, 0.15) is 18.1 Å². The molecule has 0 aromatic heterocycles. The minimum Gasteiger partial charge on any atom is -0.488 e. The highest BCUT2D eigenvalue weighted by Crippen LogP contribution is 2.27. The highest BCUT2D eigenvalue weighted by Gasteiger charge is 2.23. The highest BCUT2D eigenvalue weighted by molar-refractivity contribution is 5.83. The number of hydrogen-bond acceptors (Lipinski definition) is 4. The summed E-state index contributed by atoms with van der Waals surface area (Å²) < 4.78 is 10.9. The Morgan fingerprint density at radius 3 is 2.33 bits per heavy atom. The zero-order chi connectivity index (χ0) is 21.2. The van der Waals surface area contributed by atoms with Gasteiger partial charge in [-0.1, -0.05) is 67.6 Å². The molecule has 1 heterocycles. The van der Waals surface area contributed by atoms with E-state index in [0.717, 1.165) is 30.6 Å². The predicted molar refractivity (Wildman–Crippen MR) is 116 cm³/mol. The van der Waals surface area contributed by atoms with E-state index in [2.05, 4.69) is 11.4 Å². The molecule has 0 radical (unpaired) electrons. The van der Waals surface area contributed by atoms with Gasteiger partial charge in [-0.05, 0) is 24.6 Å². The maximum Gasteiger partial charge on any atom is 0.265 e. The SMILES string of the molecule is CCCNC(=O)C(Oc1ccccc1C=O)c1ccccc1.c1ccc2c(c1)CO2. The highest BCUT2D eigenvalue weighted by atomic mass is 16.5. The molecular weight excluding hydrogens is 378 g/mol. The van der Waals surface area contributed by atoms with Crippen LogP contribution in [0.15, 0.2) is 78.9 Å². The second-order valence-electron chi connectivity index (χ2n) is 6.75. The Bertz CT molecular complexity index is 949. The number of benzene rings is 3. The van der Waals surface area contributed by atoms with Crippen molar-refractivity contribution in [1.82, 2.24) is 5.32 Å². The molecule has 0 bridgehead atoms. The van der Waals surface area contributed by atoms with E-state index < -0.39 is 6.10 Å². The first kappa shape index (κ1) is 21.1. The van der Waals surface area contributed by atoms with E-state index in [1.165, 1.54) is 5.56 Å². The standard InChI is InChI=1S/C18H19NO3.C7H6O/c1-2-12-19-18(21)17(14-8-4-3-5-9-14)22-16-11-7-6-10-15(16)13-20;1-2-4-7-6(3-1)5-8-7/h3-11,13,17H,2,12H2,1H3,(H,19,21);1-4H,5H2. The van der Waals surface area contributed by atoms with E-state index in [1.807, 2.05) is 55.5 Å². The van der Waals surface area contributed by atoms with E-state index in [9.17, 15) is 9.59 Å². The Balaban J connectivity index is 0.000000263. The fourth-order valence-corrected chi connectivity index (χ4v) is 2.89. The summed E-state index contributed by atoms with van der Waals surface area (Å²) >= 11 is 0. The molecule has 1 atom stereocenters. The number of carbonyl (C=O) groups excluding carboxylic acids is 2.